The van der Waals surface area contributed by atoms with Crippen LogP contribution in [0.5, 0.6) is 0 Å². The van der Waals surface area contributed by atoms with Gasteiger partial charge in [-0.3, -0.25) is 4.98 Å². The second-order valence-electron chi connectivity index (χ2n) is 4.95. The summed E-state index contributed by atoms with van der Waals surface area (Å²) < 4.78 is 0. The highest BCUT2D eigenvalue weighted by atomic mass is 14.7. The molecule has 0 spiro atoms. The molecule has 1 rings (SSSR count). The number of aromatic nitrogens is 1. The Morgan fingerprint density at radius 2 is 2.00 bits per heavy atom. The van der Waals surface area contributed by atoms with Gasteiger partial charge in [0.25, 0.3) is 0 Å². The van der Waals surface area contributed by atoms with Gasteiger partial charge in [0, 0.05) is 6.20 Å². The van der Waals surface area contributed by atoms with E-state index in [1.165, 1.54) is 11.1 Å². The standard InChI is InChI=1S/C15H23N/c1-7-12(6)14-8-13(10(2)3)9-16-15(14)11(4)5/h8-10,12H,4,7H2,1-3,5-6H3. The van der Waals surface area contributed by atoms with Crippen LogP contribution in [0.2, 0.25) is 0 Å². The lowest BCUT2D eigenvalue weighted by Crippen LogP contribution is -2.02. The highest BCUT2D eigenvalue weighted by molar-refractivity contribution is 5.62. The summed E-state index contributed by atoms with van der Waals surface area (Å²) in [7, 11) is 0. The van der Waals surface area contributed by atoms with E-state index in [-0.39, 0.29) is 0 Å². The van der Waals surface area contributed by atoms with Crippen LogP contribution in [0.15, 0.2) is 18.8 Å². The minimum absolute atomic E-state index is 0.537. The van der Waals surface area contributed by atoms with Crippen LogP contribution in [-0.2, 0) is 0 Å². The van der Waals surface area contributed by atoms with E-state index >= 15 is 0 Å². The lowest BCUT2D eigenvalue weighted by molar-refractivity contribution is 0.720. The highest BCUT2D eigenvalue weighted by Crippen LogP contribution is 2.28. The van der Waals surface area contributed by atoms with Gasteiger partial charge in [-0.15, -0.1) is 0 Å². The summed E-state index contributed by atoms with van der Waals surface area (Å²) in [6.07, 6.45) is 3.13. The number of pyridine rings is 1. The summed E-state index contributed by atoms with van der Waals surface area (Å²) in [6.45, 7) is 14.9. The lowest BCUT2D eigenvalue weighted by Gasteiger charge is -2.17. The van der Waals surface area contributed by atoms with Crippen LogP contribution < -0.4 is 0 Å². The fourth-order valence-electron chi connectivity index (χ4n) is 1.77. The average molecular weight is 217 g/mol. The SMILES string of the molecule is C=C(C)c1ncc(C(C)C)cc1C(C)CC. The minimum Gasteiger partial charge on any atom is -0.256 e. The molecule has 0 aromatic carbocycles. The van der Waals surface area contributed by atoms with Crippen molar-refractivity contribution < 1.29 is 0 Å². The monoisotopic (exact) mass is 217 g/mol. The van der Waals surface area contributed by atoms with Gasteiger partial charge in [-0.05, 0) is 41.9 Å². The zero-order valence-electron chi connectivity index (χ0n) is 11.2. The molecule has 1 unspecified atom stereocenters. The third-order valence-corrected chi connectivity index (χ3v) is 3.15. The maximum atomic E-state index is 4.57. The molecule has 0 fully saturated rings. The van der Waals surface area contributed by atoms with Gasteiger partial charge in [0.05, 0.1) is 5.69 Å². The maximum absolute atomic E-state index is 4.57. The Morgan fingerprint density at radius 1 is 1.38 bits per heavy atom. The summed E-state index contributed by atoms with van der Waals surface area (Å²) in [6, 6.07) is 2.30. The molecule has 16 heavy (non-hydrogen) atoms. The lowest BCUT2D eigenvalue weighted by atomic mass is 9.91. The van der Waals surface area contributed by atoms with Gasteiger partial charge in [0.1, 0.15) is 0 Å². The van der Waals surface area contributed by atoms with E-state index in [4.69, 9.17) is 0 Å². The predicted molar refractivity (Wildman–Crippen MR) is 71.7 cm³/mol. The molecule has 0 amide bonds. The van der Waals surface area contributed by atoms with Crippen LogP contribution >= 0.6 is 0 Å². The van der Waals surface area contributed by atoms with Crippen molar-refractivity contribution in [3.63, 3.8) is 0 Å². The van der Waals surface area contributed by atoms with Crippen molar-refractivity contribution in [1.29, 1.82) is 0 Å². The smallest absolute Gasteiger partial charge is 0.0687 e. The van der Waals surface area contributed by atoms with Crippen molar-refractivity contribution in [2.75, 3.05) is 0 Å². The summed E-state index contributed by atoms with van der Waals surface area (Å²) in [5, 5.41) is 0. The fraction of sp³-hybridized carbons (Fsp3) is 0.533. The zero-order valence-corrected chi connectivity index (χ0v) is 11.2. The molecule has 0 N–H and O–H groups in total. The average Bonchev–Trinajstić information content (AvgIpc) is 2.26. The number of hydrogen-bond donors (Lipinski definition) is 0. The topological polar surface area (TPSA) is 12.9 Å². The van der Waals surface area contributed by atoms with Gasteiger partial charge in [-0.1, -0.05) is 40.3 Å². The molecule has 0 radical (unpaired) electrons. The van der Waals surface area contributed by atoms with E-state index in [0.717, 1.165) is 17.7 Å². The van der Waals surface area contributed by atoms with E-state index < -0.39 is 0 Å². The first-order valence-corrected chi connectivity index (χ1v) is 6.13. The Labute approximate surface area is 99.6 Å². The second kappa shape index (κ2) is 5.29. The van der Waals surface area contributed by atoms with E-state index in [9.17, 15) is 0 Å². The van der Waals surface area contributed by atoms with Crippen molar-refractivity contribution in [1.82, 2.24) is 4.98 Å². The number of allylic oxidation sites excluding steroid dienone is 1. The number of rotatable bonds is 4. The van der Waals surface area contributed by atoms with E-state index in [2.05, 4.69) is 45.3 Å². The van der Waals surface area contributed by atoms with Crippen LogP contribution in [-0.4, -0.2) is 4.98 Å². The molecule has 88 valence electrons. The molecule has 0 saturated heterocycles. The largest absolute Gasteiger partial charge is 0.256 e. The maximum Gasteiger partial charge on any atom is 0.0687 e. The first kappa shape index (κ1) is 13.0. The third-order valence-electron chi connectivity index (χ3n) is 3.15. The summed E-state index contributed by atoms with van der Waals surface area (Å²) >= 11 is 0. The third kappa shape index (κ3) is 2.72. The van der Waals surface area contributed by atoms with Gasteiger partial charge in [-0.2, -0.15) is 0 Å². The molecule has 1 aromatic rings. The summed E-state index contributed by atoms with van der Waals surface area (Å²) in [4.78, 5) is 4.57. The molecule has 1 aromatic heterocycles. The summed E-state index contributed by atoms with van der Waals surface area (Å²) in [5.41, 5.74) is 4.81. The highest BCUT2D eigenvalue weighted by Gasteiger charge is 2.13. The Hall–Kier alpha value is -1.11. The van der Waals surface area contributed by atoms with Crippen LogP contribution in [0.3, 0.4) is 0 Å². The van der Waals surface area contributed by atoms with Crippen LogP contribution in [0.25, 0.3) is 5.57 Å². The first-order chi connectivity index (χ1) is 7.47. The Kier molecular flexibility index (Phi) is 4.28. The quantitative estimate of drug-likeness (QED) is 0.709. The van der Waals surface area contributed by atoms with E-state index in [1.807, 2.05) is 13.1 Å². The predicted octanol–water partition coefficient (Wildman–Crippen LogP) is 4.75. The van der Waals surface area contributed by atoms with Gasteiger partial charge >= 0.3 is 0 Å². The van der Waals surface area contributed by atoms with Crippen molar-refractivity contribution in [2.45, 2.75) is 52.9 Å². The summed E-state index contributed by atoms with van der Waals surface area (Å²) in [5.74, 6) is 1.09. The minimum atomic E-state index is 0.537. The van der Waals surface area contributed by atoms with Crippen LogP contribution in [0.4, 0.5) is 0 Å². The Morgan fingerprint density at radius 3 is 2.44 bits per heavy atom. The molecule has 1 atom stereocenters. The molecule has 0 aliphatic carbocycles. The van der Waals surface area contributed by atoms with Gasteiger partial charge < -0.3 is 0 Å². The first-order valence-electron chi connectivity index (χ1n) is 6.13. The zero-order chi connectivity index (χ0) is 12.3. The van der Waals surface area contributed by atoms with Gasteiger partial charge in [-0.25, -0.2) is 0 Å². The molecular formula is C15H23N. The van der Waals surface area contributed by atoms with Gasteiger partial charge in [0.2, 0.25) is 0 Å². The fourth-order valence-corrected chi connectivity index (χ4v) is 1.77. The van der Waals surface area contributed by atoms with E-state index in [0.29, 0.717) is 11.8 Å². The Balaban J connectivity index is 3.26. The molecule has 1 heteroatoms. The molecule has 1 heterocycles. The van der Waals surface area contributed by atoms with Crippen LogP contribution in [0.1, 0.15) is 69.7 Å². The molecule has 0 aliphatic heterocycles. The van der Waals surface area contributed by atoms with E-state index in [1.54, 1.807) is 0 Å². The molecule has 0 aliphatic rings. The molecule has 0 bridgehead atoms. The normalized spacial score (nSPS) is 12.9. The van der Waals surface area contributed by atoms with Crippen molar-refractivity contribution in [2.24, 2.45) is 0 Å². The molecule has 1 nitrogen and oxygen atoms in total. The second-order valence-corrected chi connectivity index (χ2v) is 4.95. The van der Waals surface area contributed by atoms with Crippen molar-refractivity contribution >= 4 is 5.57 Å². The Bertz CT molecular complexity index is 377. The molecule has 0 saturated carbocycles. The van der Waals surface area contributed by atoms with Gasteiger partial charge in [0.15, 0.2) is 0 Å². The van der Waals surface area contributed by atoms with Crippen LogP contribution in [0, 0.1) is 0 Å². The van der Waals surface area contributed by atoms with Crippen molar-refractivity contribution in [3.05, 3.63) is 35.7 Å². The van der Waals surface area contributed by atoms with Crippen molar-refractivity contribution in [3.8, 4) is 0 Å². The molecular weight excluding hydrogens is 194 g/mol. The number of nitrogens with zero attached hydrogens (tertiary/aromatic N) is 1. The number of hydrogen-bond acceptors (Lipinski definition) is 1.